The highest BCUT2D eigenvalue weighted by molar-refractivity contribution is 6.22. The van der Waals surface area contributed by atoms with E-state index in [9.17, 15) is 9.59 Å². The van der Waals surface area contributed by atoms with Crippen LogP contribution in [0.25, 0.3) is 0 Å². The Balaban J connectivity index is 1.70. The van der Waals surface area contributed by atoms with E-state index in [2.05, 4.69) is 10.3 Å². The molecule has 0 radical (unpaired) electrons. The van der Waals surface area contributed by atoms with Crippen molar-refractivity contribution in [3.63, 3.8) is 0 Å². The number of amides is 1. The maximum absolute atomic E-state index is 12.5. The van der Waals surface area contributed by atoms with Crippen LogP contribution >= 0.6 is 0 Å². The van der Waals surface area contributed by atoms with Gasteiger partial charge in [-0.05, 0) is 42.5 Å². The van der Waals surface area contributed by atoms with Crippen LogP contribution in [-0.4, -0.2) is 24.5 Å². The number of nitrogens with one attached hydrogen (secondary N) is 1. The Hall–Kier alpha value is -3.73. The lowest BCUT2D eigenvalue weighted by molar-refractivity contribution is 0.0997. The van der Waals surface area contributed by atoms with Crippen molar-refractivity contribution in [3.8, 4) is 5.75 Å². The fourth-order valence-electron chi connectivity index (χ4n) is 3.20. The third kappa shape index (κ3) is 3.42. The van der Waals surface area contributed by atoms with Gasteiger partial charge < -0.3 is 10.1 Å². The van der Waals surface area contributed by atoms with Crippen molar-refractivity contribution in [2.24, 2.45) is 4.99 Å². The maximum Gasteiger partial charge on any atom is 0.255 e. The first kappa shape index (κ1) is 17.7. The van der Waals surface area contributed by atoms with Crippen molar-refractivity contribution in [1.29, 1.82) is 0 Å². The molecule has 138 valence electrons. The van der Waals surface area contributed by atoms with Gasteiger partial charge in [-0.25, -0.2) is 0 Å². The molecule has 28 heavy (non-hydrogen) atoms. The lowest BCUT2D eigenvalue weighted by Crippen LogP contribution is -2.16. The largest absolute Gasteiger partial charge is 0.496 e. The molecule has 3 aromatic rings. The van der Waals surface area contributed by atoms with Gasteiger partial charge in [0.15, 0.2) is 5.78 Å². The third-order valence-corrected chi connectivity index (χ3v) is 4.59. The summed E-state index contributed by atoms with van der Waals surface area (Å²) in [6.07, 6.45) is 0.184. The number of benzene rings is 3. The van der Waals surface area contributed by atoms with Gasteiger partial charge in [0.1, 0.15) is 5.75 Å². The van der Waals surface area contributed by atoms with E-state index in [0.717, 1.165) is 0 Å². The van der Waals surface area contributed by atoms with Crippen LogP contribution in [0.5, 0.6) is 5.75 Å². The molecule has 1 amide bonds. The highest BCUT2D eigenvalue weighted by Gasteiger charge is 2.23. The van der Waals surface area contributed by atoms with Crippen LogP contribution in [0.1, 0.15) is 32.7 Å². The van der Waals surface area contributed by atoms with Gasteiger partial charge in [0.2, 0.25) is 0 Å². The highest BCUT2D eigenvalue weighted by Crippen LogP contribution is 2.32. The molecule has 0 bridgehead atoms. The standard InChI is InChI=1S/C23H18N2O3/c1-28-22-12-11-16(24-23(27)15-7-3-2-4-8-15)13-18(22)20-14-21(26)17-9-5-6-10-19(17)25-20/h2-13H,14H2,1H3,(H,24,27). The molecule has 0 unspecified atom stereocenters. The molecule has 5 nitrogen and oxygen atoms in total. The van der Waals surface area contributed by atoms with Crippen LogP contribution in [0.15, 0.2) is 77.8 Å². The Kier molecular flexibility index (Phi) is 4.72. The molecule has 5 heteroatoms. The van der Waals surface area contributed by atoms with Crippen LogP contribution < -0.4 is 10.1 Å². The minimum Gasteiger partial charge on any atom is -0.496 e. The third-order valence-electron chi connectivity index (χ3n) is 4.59. The number of ketones is 1. The summed E-state index contributed by atoms with van der Waals surface area (Å²) in [5, 5.41) is 2.88. The van der Waals surface area contributed by atoms with E-state index in [0.29, 0.717) is 39.5 Å². The number of fused-ring (bicyclic) bond motifs is 1. The number of hydrogen-bond acceptors (Lipinski definition) is 4. The summed E-state index contributed by atoms with van der Waals surface area (Å²) in [6.45, 7) is 0. The van der Waals surface area contributed by atoms with E-state index in [-0.39, 0.29) is 18.1 Å². The number of ether oxygens (including phenoxy) is 1. The number of Topliss-reactive ketones (excluding diaryl/α,β-unsaturated/α-hetero) is 1. The molecule has 0 saturated heterocycles. The average Bonchev–Trinajstić information content (AvgIpc) is 2.74. The molecule has 0 fully saturated rings. The van der Waals surface area contributed by atoms with E-state index >= 15 is 0 Å². The van der Waals surface area contributed by atoms with Gasteiger partial charge in [-0.3, -0.25) is 14.6 Å². The average molecular weight is 370 g/mol. The van der Waals surface area contributed by atoms with Gasteiger partial charge in [-0.1, -0.05) is 30.3 Å². The summed E-state index contributed by atoms with van der Waals surface area (Å²) in [5.41, 5.74) is 3.76. The maximum atomic E-state index is 12.5. The SMILES string of the molecule is COc1ccc(NC(=O)c2ccccc2)cc1C1=Nc2ccccc2C(=O)C1. The number of rotatable bonds is 4. The molecular formula is C23H18N2O3. The zero-order chi connectivity index (χ0) is 19.5. The van der Waals surface area contributed by atoms with Gasteiger partial charge >= 0.3 is 0 Å². The van der Waals surface area contributed by atoms with Gasteiger partial charge in [-0.2, -0.15) is 0 Å². The first-order chi connectivity index (χ1) is 13.7. The van der Waals surface area contributed by atoms with Gasteiger partial charge in [0, 0.05) is 22.4 Å². The Morgan fingerprint density at radius 2 is 1.71 bits per heavy atom. The normalized spacial score (nSPS) is 12.8. The van der Waals surface area contributed by atoms with E-state index in [4.69, 9.17) is 4.74 Å². The van der Waals surface area contributed by atoms with Crippen molar-refractivity contribution in [3.05, 3.63) is 89.5 Å². The Morgan fingerprint density at radius 3 is 2.50 bits per heavy atom. The number of anilines is 1. The second-order valence-corrected chi connectivity index (χ2v) is 6.41. The topological polar surface area (TPSA) is 67.8 Å². The first-order valence-electron chi connectivity index (χ1n) is 8.90. The second kappa shape index (κ2) is 7.48. The number of para-hydroxylation sites is 1. The quantitative estimate of drug-likeness (QED) is 0.727. The Bertz CT molecular complexity index is 1090. The lowest BCUT2D eigenvalue weighted by Gasteiger charge is -2.17. The molecule has 1 N–H and O–H groups in total. The predicted molar refractivity (Wildman–Crippen MR) is 109 cm³/mol. The second-order valence-electron chi connectivity index (χ2n) is 6.41. The summed E-state index contributed by atoms with van der Waals surface area (Å²) in [7, 11) is 1.57. The van der Waals surface area contributed by atoms with Gasteiger partial charge in [-0.15, -0.1) is 0 Å². The van der Waals surface area contributed by atoms with Crippen LogP contribution in [0.2, 0.25) is 0 Å². The summed E-state index contributed by atoms with van der Waals surface area (Å²) in [6, 6.07) is 21.6. The molecule has 4 rings (SSSR count). The molecule has 0 aliphatic carbocycles. The van der Waals surface area contributed by atoms with Crippen molar-refractivity contribution < 1.29 is 14.3 Å². The fourth-order valence-corrected chi connectivity index (χ4v) is 3.20. The van der Waals surface area contributed by atoms with Crippen LogP contribution in [0.3, 0.4) is 0 Å². The summed E-state index contributed by atoms with van der Waals surface area (Å²) < 4.78 is 5.46. The van der Waals surface area contributed by atoms with Crippen LogP contribution in [0.4, 0.5) is 11.4 Å². The number of hydrogen-bond donors (Lipinski definition) is 1. The number of aliphatic imine (C=N–C) groups is 1. The van der Waals surface area contributed by atoms with Crippen LogP contribution in [-0.2, 0) is 0 Å². The number of carbonyl (C=O) groups excluding carboxylic acids is 2. The number of carbonyl (C=O) groups is 2. The van der Waals surface area contributed by atoms with Crippen molar-refractivity contribution in [2.45, 2.75) is 6.42 Å². The molecule has 3 aromatic carbocycles. The van der Waals surface area contributed by atoms with Crippen molar-refractivity contribution >= 4 is 28.8 Å². The van der Waals surface area contributed by atoms with Crippen molar-refractivity contribution in [2.75, 3.05) is 12.4 Å². The molecule has 0 spiro atoms. The summed E-state index contributed by atoms with van der Waals surface area (Å²) in [4.78, 5) is 29.6. The minimum absolute atomic E-state index is 0.0152. The first-order valence-corrected chi connectivity index (χ1v) is 8.90. The minimum atomic E-state index is -0.205. The molecular weight excluding hydrogens is 352 g/mol. The molecule has 0 saturated carbocycles. The van der Waals surface area contributed by atoms with Crippen molar-refractivity contribution in [1.82, 2.24) is 0 Å². The van der Waals surface area contributed by atoms with Gasteiger partial charge in [0.25, 0.3) is 5.91 Å². The molecule has 1 aliphatic rings. The molecule has 1 aliphatic heterocycles. The smallest absolute Gasteiger partial charge is 0.255 e. The monoisotopic (exact) mass is 370 g/mol. The fraction of sp³-hybridized carbons (Fsp3) is 0.0870. The predicted octanol–water partition coefficient (Wildman–Crippen LogP) is 4.65. The Morgan fingerprint density at radius 1 is 0.964 bits per heavy atom. The number of methoxy groups -OCH3 is 1. The van der Waals surface area contributed by atoms with E-state index in [1.54, 1.807) is 43.5 Å². The zero-order valence-electron chi connectivity index (χ0n) is 15.3. The molecule has 0 atom stereocenters. The summed E-state index contributed by atoms with van der Waals surface area (Å²) >= 11 is 0. The van der Waals surface area contributed by atoms with E-state index in [1.807, 2.05) is 36.4 Å². The van der Waals surface area contributed by atoms with E-state index < -0.39 is 0 Å². The summed E-state index contributed by atoms with van der Waals surface area (Å²) in [5.74, 6) is 0.411. The lowest BCUT2D eigenvalue weighted by atomic mass is 9.95. The van der Waals surface area contributed by atoms with Crippen LogP contribution in [0, 0.1) is 0 Å². The Labute approximate surface area is 162 Å². The van der Waals surface area contributed by atoms with E-state index in [1.165, 1.54) is 0 Å². The zero-order valence-corrected chi connectivity index (χ0v) is 15.3. The molecule has 1 heterocycles. The number of nitrogens with zero attached hydrogens (tertiary/aromatic N) is 1. The molecule has 0 aromatic heterocycles. The van der Waals surface area contributed by atoms with Gasteiger partial charge in [0.05, 0.1) is 24.9 Å². The highest BCUT2D eigenvalue weighted by atomic mass is 16.5.